The second-order valence-corrected chi connectivity index (χ2v) is 8.74. The summed E-state index contributed by atoms with van der Waals surface area (Å²) < 4.78 is 60.9. The molecular weight excluding hydrogens is 466 g/mol. The van der Waals surface area contributed by atoms with Crippen LogP contribution in [0.15, 0.2) is 34.8 Å². The lowest BCUT2D eigenvalue weighted by Gasteiger charge is -2.20. The van der Waals surface area contributed by atoms with Crippen molar-refractivity contribution in [2.24, 2.45) is 5.41 Å². The summed E-state index contributed by atoms with van der Waals surface area (Å²) in [5.74, 6) is 0.391. The maximum absolute atomic E-state index is 14.1. The molecule has 1 aliphatic carbocycles. The van der Waals surface area contributed by atoms with Crippen LogP contribution in [0.5, 0.6) is 5.75 Å². The van der Waals surface area contributed by atoms with E-state index in [-0.39, 0.29) is 28.8 Å². The number of hydrogen-bond donors (Lipinski definition) is 1. The summed E-state index contributed by atoms with van der Waals surface area (Å²) in [5.41, 5.74) is -0.260. The van der Waals surface area contributed by atoms with Crippen LogP contribution in [0.3, 0.4) is 0 Å². The van der Waals surface area contributed by atoms with Crippen LogP contribution in [0.25, 0.3) is 10.9 Å². The largest absolute Gasteiger partial charge is 0.492 e. The van der Waals surface area contributed by atoms with Gasteiger partial charge < -0.3 is 10.1 Å². The number of fused-ring (bicyclic) bond motifs is 5. The van der Waals surface area contributed by atoms with E-state index in [9.17, 15) is 17.6 Å². The maximum atomic E-state index is 14.1. The van der Waals surface area contributed by atoms with Gasteiger partial charge in [-0.15, -0.1) is 0 Å². The number of benzene rings is 2. The number of hydrogen-bond acceptors (Lipinski definition) is 4. The predicted molar refractivity (Wildman–Crippen MR) is 107 cm³/mol. The molecule has 2 aliphatic rings. The molecule has 1 spiro atoms. The topological polar surface area (TPSA) is 47.0 Å². The van der Waals surface area contributed by atoms with Crippen molar-refractivity contribution in [3.63, 3.8) is 0 Å². The van der Waals surface area contributed by atoms with Gasteiger partial charge in [0, 0.05) is 35.4 Å². The van der Waals surface area contributed by atoms with E-state index in [0.717, 1.165) is 18.9 Å². The van der Waals surface area contributed by atoms with Crippen molar-refractivity contribution in [3.05, 3.63) is 57.6 Å². The van der Waals surface area contributed by atoms with E-state index in [0.29, 0.717) is 34.5 Å². The molecule has 0 amide bonds. The number of para-hydroxylation sites is 1. The number of ether oxygens (including phenoxy) is 1. The summed E-state index contributed by atoms with van der Waals surface area (Å²) in [7, 11) is 0. The van der Waals surface area contributed by atoms with Gasteiger partial charge in [-0.1, -0.05) is 12.1 Å². The summed E-state index contributed by atoms with van der Waals surface area (Å²) in [4.78, 5) is 9.12. The number of aromatic nitrogens is 2. The molecule has 1 aliphatic heterocycles. The summed E-state index contributed by atoms with van der Waals surface area (Å²) in [6.07, 6.45) is -2.43. The molecule has 1 fully saturated rings. The lowest BCUT2D eigenvalue weighted by atomic mass is 10.0. The smallest absolute Gasteiger partial charge is 0.419 e. The minimum absolute atomic E-state index is 0.0762. The van der Waals surface area contributed by atoms with Gasteiger partial charge in [-0.05, 0) is 40.9 Å². The highest BCUT2D eigenvalue weighted by Gasteiger charge is 2.45. The van der Waals surface area contributed by atoms with Crippen molar-refractivity contribution >= 4 is 32.7 Å². The second kappa shape index (κ2) is 6.80. The molecular formula is C21H16BrF4N3O. The molecule has 0 radical (unpaired) electrons. The Balaban J connectivity index is 1.66. The van der Waals surface area contributed by atoms with Gasteiger partial charge in [0.1, 0.15) is 23.2 Å². The van der Waals surface area contributed by atoms with Gasteiger partial charge >= 0.3 is 6.18 Å². The Morgan fingerprint density at radius 1 is 1.13 bits per heavy atom. The molecule has 5 rings (SSSR count). The van der Waals surface area contributed by atoms with E-state index in [2.05, 4.69) is 31.2 Å². The Morgan fingerprint density at radius 3 is 2.67 bits per heavy atom. The Labute approximate surface area is 177 Å². The van der Waals surface area contributed by atoms with Gasteiger partial charge in [0.05, 0.1) is 22.2 Å². The Kier molecular flexibility index (Phi) is 4.43. The van der Waals surface area contributed by atoms with Crippen molar-refractivity contribution in [3.8, 4) is 5.75 Å². The first kappa shape index (κ1) is 19.5. The van der Waals surface area contributed by atoms with Gasteiger partial charge in [-0.25, -0.2) is 14.4 Å². The molecule has 3 aromatic rings. The lowest BCUT2D eigenvalue weighted by Crippen LogP contribution is -2.19. The highest BCUT2D eigenvalue weighted by Crippen LogP contribution is 2.49. The molecule has 9 heteroatoms. The fraction of sp³-hybridized carbons (Fsp3) is 0.333. The fourth-order valence-electron chi connectivity index (χ4n) is 3.79. The first-order valence-corrected chi connectivity index (χ1v) is 10.2. The van der Waals surface area contributed by atoms with Gasteiger partial charge in [-0.3, -0.25) is 0 Å². The number of nitrogens with zero attached hydrogens (tertiary/aromatic N) is 2. The van der Waals surface area contributed by atoms with Crippen LogP contribution in [0.4, 0.5) is 23.4 Å². The zero-order valence-electron chi connectivity index (χ0n) is 15.6. The second-order valence-electron chi connectivity index (χ2n) is 7.88. The SMILES string of the molecule is Fc1cc2nc3nc(c2cc1Br)NCc1cccc(C(F)(F)F)c1OCC1(CC1)C3. The van der Waals surface area contributed by atoms with Gasteiger partial charge in [-0.2, -0.15) is 13.2 Å². The Bertz CT molecular complexity index is 1160. The molecule has 2 bridgehead atoms. The van der Waals surface area contributed by atoms with Crippen molar-refractivity contribution in [2.75, 3.05) is 11.9 Å². The first-order chi connectivity index (χ1) is 14.2. The third-order valence-corrected chi connectivity index (χ3v) is 6.25. The maximum Gasteiger partial charge on any atom is 0.419 e. The molecule has 0 atom stereocenters. The fourth-order valence-corrected chi connectivity index (χ4v) is 4.14. The zero-order chi connectivity index (χ0) is 21.1. The number of nitrogens with one attached hydrogen (secondary N) is 1. The number of anilines is 1. The molecule has 1 saturated carbocycles. The number of halogens is 5. The molecule has 30 heavy (non-hydrogen) atoms. The minimum atomic E-state index is -4.52. The van der Waals surface area contributed by atoms with Gasteiger partial charge in [0.25, 0.3) is 0 Å². The summed E-state index contributed by atoms with van der Waals surface area (Å²) in [6.45, 7) is 0.228. The van der Waals surface area contributed by atoms with Crippen molar-refractivity contribution < 1.29 is 22.3 Å². The van der Waals surface area contributed by atoms with Crippen LogP contribution in [0.1, 0.15) is 29.8 Å². The molecule has 1 N–H and O–H groups in total. The zero-order valence-corrected chi connectivity index (χ0v) is 17.2. The molecule has 2 heterocycles. The number of alkyl halides is 3. The van der Waals surface area contributed by atoms with Gasteiger partial charge in [0.15, 0.2) is 0 Å². The van der Waals surface area contributed by atoms with E-state index in [4.69, 9.17) is 4.74 Å². The average molecular weight is 482 g/mol. The molecule has 0 unspecified atom stereocenters. The van der Waals surface area contributed by atoms with E-state index in [1.807, 2.05) is 0 Å². The standard InChI is InChI=1S/C21H16BrF4N3O/c22-14-6-12-16(7-15(14)23)28-17-8-20(4-5-20)10-30-18-11(9-27-19(12)29-17)2-1-3-13(18)21(24,25)26/h1-3,6-7H,4-5,8-10H2,(H,27,28,29). The Hall–Kier alpha value is -2.42. The van der Waals surface area contributed by atoms with Crippen LogP contribution in [-0.2, 0) is 19.1 Å². The molecule has 4 nitrogen and oxygen atoms in total. The van der Waals surface area contributed by atoms with Gasteiger partial charge in [0.2, 0.25) is 0 Å². The highest BCUT2D eigenvalue weighted by atomic mass is 79.9. The summed E-state index contributed by atoms with van der Waals surface area (Å²) >= 11 is 3.17. The average Bonchev–Trinajstić information content (AvgIpc) is 3.44. The molecule has 0 saturated heterocycles. The van der Waals surface area contributed by atoms with Crippen LogP contribution in [0.2, 0.25) is 0 Å². The quantitative estimate of drug-likeness (QED) is 0.407. The summed E-state index contributed by atoms with van der Waals surface area (Å²) in [6, 6.07) is 6.92. The lowest BCUT2D eigenvalue weighted by molar-refractivity contribution is -0.139. The third kappa shape index (κ3) is 3.49. The molecule has 2 aromatic carbocycles. The predicted octanol–water partition coefficient (Wildman–Crippen LogP) is 5.88. The van der Waals surface area contributed by atoms with E-state index in [1.165, 1.54) is 12.1 Å². The van der Waals surface area contributed by atoms with Crippen LogP contribution in [0, 0.1) is 11.2 Å². The third-order valence-electron chi connectivity index (χ3n) is 5.65. The van der Waals surface area contributed by atoms with Crippen LogP contribution in [-0.4, -0.2) is 16.6 Å². The van der Waals surface area contributed by atoms with Crippen LogP contribution >= 0.6 is 15.9 Å². The number of rotatable bonds is 0. The van der Waals surface area contributed by atoms with Crippen molar-refractivity contribution in [1.29, 1.82) is 0 Å². The minimum Gasteiger partial charge on any atom is -0.492 e. The molecule has 156 valence electrons. The normalized spacial score (nSPS) is 17.6. The summed E-state index contributed by atoms with van der Waals surface area (Å²) in [5, 5.41) is 3.70. The van der Waals surface area contributed by atoms with Crippen LogP contribution < -0.4 is 10.1 Å². The van der Waals surface area contributed by atoms with E-state index < -0.39 is 17.6 Å². The monoisotopic (exact) mass is 481 g/mol. The Morgan fingerprint density at radius 2 is 1.93 bits per heavy atom. The molecule has 1 aromatic heterocycles. The highest BCUT2D eigenvalue weighted by molar-refractivity contribution is 9.10. The van der Waals surface area contributed by atoms with Crippen molar-refractivity contribution in [2.45, 2.75) is 32.0 Å². The van der Waals surface area contributed by atoms with Crippen molar-refractivity contribution in [1.82, 2.24) is 9.97 Å². The van der Waals surface area contributed by atoms with E-state index >= 15 is 0 Å². The van der Waals surface area contributed by atoms with E-state index in [1.54, 1.807) is 12.1 Å². The first-order valence-electron chi connectivity index (χ1n) is 9.46.